The van der Waals surface area contributed by atoms with E-state index in [-0.39, 0.29) is 6.10 Å². The summed E-state index contributed by atoms with van der Waals surface area (Å²) in [4.78, 5) is 9.88. The van der Waals surface area contributed by atoms with E-state index in [9.17, 15) is 0 Å². The van der Waals surface area contributed by atoms with E-state index in [1.54, 1.807) is 18.1 Å². The van der Waals surface area contributed by atoms with Crippen LogP contribution >= 0.6 is 27.9 Å². The molecule has 27 heavy (non-hydrogen) atoms. The number of anilines is 2. The van der Waals surface area contributed by atoms with E-state index in [1.807, 2.05) is 45.2 Å². The first-order chi connectivity index (χ1) is 13.2. The van der Waals surface area contributed by atoms with Crippen LogP contribution in [-0.4, -0.2) is 49.5 Å². The molecule has 148 valence electrons. The van der Waals surface area contributed by atoms with Crippen molar-refractivity contribution in [3.05, 3.63) is 34.9 Å². The molecule has 0 fully saturated rings. The molecule has 1 aromatic heterocycles. The minimum Gasteiger partial charge on any atom is -0.468 e. The van der Waals surface area contributed by atoms with Crippen LogP contribution < -0.4 is 14.8 Å². The van der Waals surface area contributed by atoms with E-state index in [0.29, 0.717) is 42.7 Å². The maximum Gasteiger partial charge on any atom is 0.233 e. The lowest BCUT2D eigenvalue weighted by Gasteiger charge is -2.19. The number of nitrogens with zero attached hydrogens (tertiary/aromatic N) is 2. The van der Waals surface area contributed by atoms with Gasteiger partial charge in [0.2, 0.25) is 11.8 Å². The number of hydrogen-bond donors (Lipinski definition) is 2. The molecule has 0 atom stereocenters. The average Bonchev–Trinajstić information content (AvgIpc) is 2.68. The van der Waals surface area contributed by atoms with Gasteiger partial charge in [-0.05, 0) is 73.0 Å². The quantitative estimate of drug-likeness (QED) is 0.463. The lowest BCUT2D eigenvalue weighted by molar-refractivity contribution is -0.00250. The smallest absolute Gasteiger partial charge is 0.233 e. The van der Waals surface area contributed by atoms with E-state index in [1.165, 1.54) is 0 Å². The molecule has 1 aromatic carbocycles. The van der Waals surface area contributed by atoms with Gasteiger partial charge >= 0.3 is 0 Å². The van der Waals surface area contributed by atoms with Crippen LogP contribution in [0, 0.1) is 0 Å². The Labute approximate surface area is 172 Å². The minimum absolute atomic E-state index is 0.248. The van der Waals surface area contributed by atoms with Crippen molar-refractivity contribution < 1.29 is 14.2 Å². The van der Waals surface area contributed by atoms with Crippen LogP contribution in [0.1, 0.15) is 13.8 Å². The molecule has 0 aliphatic carbocycles. The molecule has 0 saturated heterocycles. The first kappa shape index (κ1) is 21.9. The minimum atomic E-state index is -0.248. The largest absolute Gasteiger partial charge is 0.468 e. The maximum atomic E-state index is 5.98. The molecule has 9 heteroatoms. The van der Waals surface area contributed by atoms with Crippen LogP contribution in [0.2, 0.25) is 0 Å². The van der Waals surface area contributed by atoms with Crippen molar-refractivity contribution in [1.82, 2.24) is 14.7 Å². The van der Waals surface area contributed by atoms with Gasteiger partial charge in [-0.25, -0.2) is 4.98 Å². The van der Waals surface area contributed by atoms with Crippen LogP contribution in [0.25, 0.3) is 0 Å². The number of rotatable bonds is 12. The van der Waals surface area contributed by atoms with Crippen molar-refractivity contribution in [2.24, 2.45) is 0 Å². The Kier molecular flexibility index (Phi) is 9.85. The standard InChI is InChI=1S/C18H25BrN4O3S/c1-4-24-11-14(12-25-5-2)26-17-16(19)10-21-18(23-17)22-13-6-8-15(9-7-13)27-20-3/h6-10,14,20H,4-5,11-12H2,1-3H3,(H,21,22,23). The highest BCUT2D eigenvalue weighted by Crippen LogP contribution is 2.26. The van der Waals surface area contributed by atoms with Gasteiger partial charge in [-0.15, -0.1) is 0 Å². The van der Waals surface area contributed by atoms with Gasteiger partial charge in [0.25, 0.3) is 0 Å². The predicted molar refractivity (Wildman–Crippen MR) is 112 cm³/mol. The highest BCUT2D eigenvalue weighted by atomic mass is 79.9. The molecule has 0 saturated carbocycles. The Hall–Kier alpha value is -1.39. The molecular formula is C18H25BrN4O3S. The highest BCUT2D eigenvalue weighted by Gasteiger charge is 2.15. The number of halogens is 1. The van der Waals surface area contributed by atoms with Crippen molar-refractivity contribution in [1.29, 1.82) is 0 Å². The van der Waals surface area contributed by atoms with Gasteiger partial charge in [-0.3, -0.25) is 4.72 Å². The van der Waals surface area contributed by atoms with Gasteiger partial charge in [-0.1, -0.05) is 0 Å². The van der Waals surface area contributed by atoms with E-state index in [4.69, 9.17) is 14.2 Å². The Morgan fingerprint density at radius 1 is 1.11 bits per heavy atom. The fourth-order valence-corrected chi connectivity index (χ4v) is 2.91. The van der Waals surface area contributed by atoms with E-state index in [2.05, 4.69) is 35.9 Å². The summed E-state index contributed by atoms with van der Waals surface area (Å²) in [7, 11) is 1.89. The first-order valence-electron chi connectivity index (χ1n) is 8.71. The zero-order valence-electron chi connectivity index (χ0n) is 15.7. The third-order valence-electron chi connectivity index (χ3n) is 3.34. The molecule has 7 nitrogen and oxygen atoms in total. The second-order valence-corrected chi connectivity index (χ2v) is 7.30. The third-order valence-corrected chi connectivity index (χ3v) is 4.59. The van der Waals surface area contributed by atoms with Crippen molar-refractivity contribution in [3.8, 4) is 5.88 Å². The number of benzene rings is 1. The summed E-state index contributed by atoms with van der Waals surface area (Å²) in [5.74, 6) is 0.896. The van der Waals surface area contributed by atoms with Crippen LogP contribution in [0.15, 0.2) is 39.8 Å². The second-order valence-electron chi connectivity index (χ2n) is 5.36. The molecular weight excluding hydrogens is 432 g/mol. The number of nitrogens with one attached hydrogen (secondary N) is 2. The topological polar surface area (TPSA) is 77.5 Å². The van der Waals surface area contributed by atoms with Gasteiger partial charge in [0, 0.05) is 23.8 Å². The van der Waals surface area contributed by atoms with Crippen molar-refractivity contribution in [2.75, 3.05) is 38.8 Å². The maximum absolute atomic E-state index is 5.98. The van der Waals surface area contributed by atoms with Gasteiger partial charge in [0.15, 0.2) is 0 Å². The molecule has 0 radical (unpaired) electrons. The predicted octanol–water partition coefficient (Wildman–Crippen LogP) is 4.03. The molecule has 1 heterocycles. The zero-order valence-corrected chi connectivity index (χ0v) is 18.1. The van der Waals surface area contributed by atoms with Crippen LogP contribution in [0.3, 0.4) is 0 Å². The summed E-state index contributed by atoms with van der Waals surface area (Å²) in [5, 5.41) is 3.19. The van der Waals surface area contributed by atoms with Crippen LogP contribution in [-0.2, 0) is 9.47 Å². The monoisotopic (exact) mass is 456 g/mol. The Bertz CT molecular complexity index is 683. The van der Waals surface area contributed by atoms with Crippen LogP contribution in [0.4, 0.5) is 11.6 Å². The molecule has 2 rings (SSSR count). The summed E-state index contributed by atoms with van der Waals surface area (Å²) in [6, 6.07) is 7.97. The van der Waals surface area contributed by atoms with Gasteiger partial charge in [0.05, 0.1) is 23.9 Å². The van der Waals surface area contributed by atoms with Gasteiger partial charge in [0.1, 0.15) is 6.10 Å². The molecule has 0 aliphatic rings. The normalized spacial score (nSPS) is 11.0. The van der Waals surface area contributed by atoms with Crippen molar-refractivity contribution in [3.63, 3.8) is 0 Å². The fraction of sp³-hybridized carbons (Fsp3) is 0.444. The fourth-order valence-electron chi connectivity index (χ4n) is 2.12. The van der Waals surface area contributed by atoms with E-state index in [0.717, 1.165) is 10.6 Å². The summed E-state index contributed by atoms with van der Waals surface area (Å²) in [5.41, 5.74) is 0.893. The summed E-state index contributed by atoms with van der Waals surface area (Å²) in [6.45, 7) is 5.99. The number of aromatic nitrogens is 2. The van der Waals surface area contributed by atoms with Crippen LogP contribution in [0.5, 0.6) is 5.88 Å². The number of ether oxygens (including phenoxy) is 3. The Morgan fingerprint density at radius 2 is 1.78 bits per heavy atom. The lowest BCUT2D eigenvalue weighted by Crippen LogP contribution is -2.29. The first-order valence-corrected chi connectivity index (χ1v) is 10.3. The Balaban J connectivity index is 2.06. The molecule has 2 N–H and O–H groups in total. The van der Waals surface area contributed by atoms with Crippen molar-refractivity contribution in [2.45, 2.75) is 24.8 Å². The van der Waals surface area contributed by atoms with E-state index < -0.39 is 0 Å². The molecule has 0 bridgehead atoms. The third kappa shape index (κ3) is 7.63. The number of hydrogen-bond acceptors (Lipinski definition) is 8. The Morgan fingerprint density at radius 3 is 2.37 bits per heavy atom. The molecule has 0 spiro atoms. The van der Waals surface area contributed by atoms with E-state index >= 15 is 0 Å². The molecule has 0 amide bonds. The second kappa shape index (κ2) is 12.1. The SMILES string of the molecule is CCOCC(COCC)Oc1nc(Nc2ccc(SNC)cc2)ncc1Br. The molecule has 0 unspecified atom stereocenters. The summed E-state index contributed by atoms with van der Waals surface area (Å²) >= 11 is 4.99. The summed E-state index contributed by atoms with van der Waals surface area (Å²) < 4.78 is 20.6. The average molecular weight is 457 g/mol. The van der Waals surface area contributed by atoms with Gasteiger partial charge < -0.3 is 19.5 Å². The summed E-state index contributed by atoms with van der Waals surface area (Å²) in [6.07, 6.45) is 1.41. The molecule has 0 aliphatic heterocycles. The van der Waals surface area contributed by atoms with Crippen molar-refractivity contribution >= 4 is 39.5 Å². The molecule has 2 aromatic rings. The highest BCUT2D eigenvalue weighted by molar-refractivity contribution is 9.10. The zero-order chi connectivity index (χ0) is 19.5. The lowest BCUT2D eigenvalue weighted by atomic mass is 10.3. The van der Waals surface area contributed by atoms with Gasteiger partial charge in [-0.2, -0.15) is 4.98 Å².